The highest BCUT2D eigenvalue weighted by Crippen LogP contribution is 2.26. The van der Waals surface area contributed by atoms with E-state index in [0.717, 1.165) is 6.26 Å². The Bertz CT molecular complexity index is 834. The number of benzene rings is 2. The molecule has 0 saturated carbocycles. The van der Waals surface area contributed by atoms with E-state index in [4.69, 9.17) is 9.47 Å². The summed E-state index contributed by atoms with van der Waals surface area (Å²) in [6.07, 6.45) is 1.08. The van der Waals surface area contributed by atoms with E-state index in [0.29, 0.717) is 22.9 Å². The average Bonchev–Trinajstić information content (AvgIpc) is 2.58. The number of para-hydroxylation sites is 2. The lowest BCUT2D eigenvalue weighted by Crippen LogP contribution is -2.31. The monoisotopic (exact) mass is 364 g/mol. The number of hydrogen-bond donors (Lipinski definition) is 1. The summed E-state index contributed by atoms with van der Waals surface area (Å²) in [5, 5.41) is 0. The Morgan fingerprint density at radius 2 is 1.68 bits per heavy atom. The summed E-state index contributed by atoms with van der Waals surface area (Å²) < 4.78 is 35.4. The predicted molar refractivity (Wildman–Crippen MR) is 96.8 cm³/mol. The molecule has 0 radical (unpaired) electrons. The lowest BCUT2D eigenvalue weighted by atomic mass is 10.2. The molecule has 2 aromatic carbocycles. The Balaban J connectivity index is 2.00. The first kappa shape index (κ1) is 18.6. The molecule has 25 heavy (non-hydrogen) atoms. The molecule has 7 nitrogen and oxygen atoms in total. The van der Waals surface area contributed by atoms with Crippen molar-refractivity contribution in [3.05, 3.63) is 48.5 Å². The molecular weight excluding hydrogens is 344 g/mol. The first-order chi connectivity index (χ1) is 11.8. The highest BCUT2D eigenvalue weighted by atomic mass is 32.2. The van der Waals surface area contributed by atoms with Crippen LogP contribution in [0.15, 0.2) is 48.5 Å². The topological polar surface area (TPSA) is 84.9 Å². The van der Waals surface area contributed by atoms with Gasteiger partial charge in [-0.2, -0.15) is 0 Å². The van der Waals surface area contributed by atoms with E-state index in [2.05, 4.69) is 4.72 Å². The SMILES string of the molecule is COc1ccccc1OCC(=O)N(C)c1ccc(NS(C)(=O)=O)cc1. The molecule has 0 atom stereocenters. The van der Waals surface area contributed by atoms with E-state index in [1.54, 1.807) is 49.5 Å². The molecule has 0 unspecified atom stereocenters. The van der Waals surface area contributed by atoms with Crippen molar-refractivity contribution in [2.24, 2.45) is 0 Å². The molecule has 0 heterocycles. The number of hydrogen-bond acceptors (Lipinski definition) is 5. The quantitative estimate of drug-likeness (QED) is 0.813. The van der Waals surface area contributed by atoms with Crippen molar-refractivity contribution >= 4 is 27.3 Å². The molecule has 0 aromatic heterocycles. The van der Waals surface area contributed by atoms with Crippen LogP contribution in [0.25, 0.3) is 0 Å². The highest BCUT2D eigenvalue weighted by Gasteiger charge is 2.13. The zero-order chi connectivity index (χ0) is 18.4. The summed E-state index contributed by atoms with van der Waals surface area (Å²) in [5.41, 5.74) is 1.05. The van der Waals surface area contributed by atoms with Gasteiger partial charge in [0.2, 0.25) is 10.0 Å². The number of nitrogens with zero attached hydrogens (tertiary/aromatic N) is 1. The largest absolute Gasteiger partial charge is 0.493 e. The second-order valence-corrected chi connectivity index (χ2v) is 7.06. The van der Waals surface area contributed by atoms with Crippen molar-refractivity contribution in [2.75, 3.05) is 36.6 Å². The standard InChI is InChI=1S/C17H20N2O5S/c1-19(14-10-8-13(9-11-14)18-25(3,21)22)17(20)12-24-16-7-5-4-6-15(16)23-2/h4-11,18H,12H2,1-3H3. The highest BCUT2D eigenvalue weighted by molar-refractivity contribution is 7.92. The van der Waals surface area contributed by atoms with Crippen LogP contribution < -0.4 is 19.1 Å². The smallest absolute Gasteiger partial charge is 0.264 e. The Hall–Kier alpha value is -2.74. The Labute approximate surface area is 147 Å². The maximum absolute atomic E-state index is 12.3. The van der Waals surface area contributed by atoms with Crippen molar-refractivity contribution in [3.8, 4) is 11.5 Å². The molecule has 134 valence electrons. The molecule has 0 saturated heterocycles. The zero-order valence-electron chi connectivity index (χ0n) is 14.2. The second-order valence-electron chi connectivity index (χ2n) is 5.31. The van der Waals surface area contributed by atoms with Crippen LogP contribution in [0.5, 0.6) is 11.5 Å². The fraction of sp³-hybridized carbons (Fsp3) is 0.235. The minimum atomic E-state index is -3.33. The van der Waals surface area contributed by atoms with Gasteiger partial charge in [0.1, 0.15) is 0 Å². The van der Waals surface area contributed by atoms with Gasteiger partial charge < -0.3 is 14.4 Å². The third-order valence-corrected chi connectivity index (χ3v) is 3.96. The number of carbonyl (C=O) groups is 1. The maximum atomic E-state index is 12.3. The van der Waals surface area contributed by atoms with E-state index in [1.165, 1.54) is 12.0 Å². The van der Waals surface area contributed by atoms with E-state index >= 15 is 0 Å². The van der Waals surface area contributed by atoms with Gasteiger partial charge in [0.25, 0.3) is 5.91 Å². The number of amides is 1. The molecule has 0 aliphatic rings. The lowest BCUT2D eigenvalue weighted by molar-refractivity contribution is -0.120. The first-order valence-electron chi connectivity index (χ1n) is 7.40. The third-order valence-electron chi connectivity index (χ3n) is 3.35. The molecule has 0 aliphatic heterocycles. The van der Waals surface area contributed by atoms with Gasteiger partial charge in [-0.05, 0) is 36.4 Å². The van der Waals surface area contributed by atoms with E-state index in [1.807, 2.05) is 6.07 Å². The Kier molecular flexibility index (Phi) is 5.87. The van der Waals surface area contributed by atoms with E-state index < -0.39 is 10.0 Å². The number of sulfonamides is 1. The molecule has 1 N–H and O–H groups in total. The van der Waals surface area contributed by atoms with Crippen LogP contribution in [0, 0.1) is 0 Å². The van der Waals surface area contributed by atoms with Crippen molar-refractivity contribution in [1.29, 1.82) is 0 Å². The van der Waals surface area contributed by atoms with Gasteiger partial charge in [-0.25, -0.2) is 8.42 Å². The van der Waals surface area contributed by atoms with Crippen LogP contribution in [-0.4, -0.2) is 41.3 Å². The maximum Gasteiger partial charge on any atom is 0.264 e. The van der Waals surface area contributed by atoms with Gasteiger partial charge in [-0.1, -0.05) is 12.1 Å². The first-order valence-corrected chi connectivity index (χ1v) is 9.29. The molecular formula is C17H20N2O5S. The van der Waals surface area contributed by atoms with Crippen LogP contribution in [0.2, 0.25) is 0 Å². The van der Waals surface area contributed by atoms with Crippen molar-refractivity contribution in [2.45, 2.75) is 0 Å². The average molecular weight is 364 g/mol. The molecule has 0 fully saturated rings. The van der Waals surface area contributed by atoms with Crippen LogP contribution in [-0.2, 0) is 14.8 Å². The van der Waals surface area contributed by atoms with Crippen molar-refractivity contribution in [3.63, 3.8) is 0 Å². The molecule has 0 aliphatic carbocycles. The number of likely N-dealkylation sites (N-methyl/N-ethyl adjacent to an activating group) is 1. The number of rotatable bonds is 7. The molecule has 8 heteroatoms. The Morgan fingerprint density at radius 1 is 1.08 bits per heavy atom. The van der Waals surface area contributed by atoms with Crippen LogP contribution >= 0.6 is 0 Å². The van der Waals surface area contributed by atoms with Crippen LogP contribution in [0.3, 0.4) is 0 Å². The number of carbonyl (C=O) groups excluding carboxylic acids is 1. The fourth-order valence-corrected chi connectivity index (χ4v) is 2.65. The van der Waals surface area contributed by atoms with Gasteiger partial charge in [-0.3, -0.25) is 9.52 Å². The molecule has 1 amide bonds. The fourth-order valence-electron chi connectivity index (χ4n) is 2.09. The Morgan fingerprint density at radius 3 is 2.24 bits per heavy atom. The normalized spacial score (nSPS) is 10.8. The second kappa shape index (κ2) is 7.89. The summed E-state index contributed by atoms with van der Waals surface area (Å²) >= 11 is 0. The van der Waals surface area contributed by atoms with Crippen LogP contribution in [0.4, 0.5) is 11.4 Å². The summed E-state index contributed by atoms with van der Waals surface area (Å²) in [5.74, 6) is 0.781. The number of nitrogens with one attached hydrogen (secondary N) is 1. The summed E-state index contributed by atoms with van der Waals surface area (Å²) in [6.45, 7) is -0.153. The summed E-state index contributed by atoms with van der Waals surface area (Å²) in [4.78, 5) is 13.7. The van der Waals surface area contributed by atoms with Gasteiger partial charge in [-0.15, -0.1) is 0 Å². The van der Waals surface area contributed by atoms with Gasteiger partial charge in [0, 0.05) is 18.4 Å². The predicted octanol–water partition coefficient (Wildman–Crippen LogP) is 2.11. The minimum absolute atomic E-state index is 0.153. The summed E-state index contributed by atoms with van der Waals surface area (Å²) in [6, 6.07) is 13.5. The molecule has 0 spiro atoms. The van der Waals surface area contributed by atoms with Crippen LogP contribution in [0.1, 0.15) is 0 Å². The zero-order valence-corrected chi connectivity index (χ0v) is 15.0. The molecule has 2 rings (SSSR count). The van der Waals surface area contributed by atoms with Crippen molar-refractivity contribution < 1.29 is 22.7 Å². The van der Waals surface area contributed by atoms with Gasteiger partial charge in [0.15, 0.2) is 18.1 Å². The number of anilines is 2. The summed E-state index contributed by atoms with van der Waals surface area (Å²) in [7, 11) is -0.187. The number of ether oxygens (including phenoxy) is 2. The molecule has 2 aromatic rings. The number of methoxy groups -OCH3 is 1. The lowest BCUT2D eigenvalue weighted by Gasteiger charge is -2.18. The van der Waals surface area contributed by atoms with Gasteiger partial charge in [0.05, 0.1) is 13.4 Å². The third kappa shape index (κ3) is 5.39. The van der Waals surface area contributed by atoms with Crippen molar-refractivity contribution in [1.82, 2.24) is 0 Å². The van der Waals surface area contributed by atoms with E-state index in [9.17, 15) is 13.2 Å². The van der Waals surface area contributed by atoms with Gasteiger partial charge >= 0.3 is 0 Å². The van der Waals surface area contributed by atoms with E-state index in [-0.39, 0.29) is 12.5 Å². The molecule has 0 bridgehead atoms. The minimum Gasteiger partial charge on any atom is -0.493 e.